The van der Waals surface area contributed by atoms with Crippen molar-refractivity contribution in [2.75, 3.05) is 19.6 Å². The first-order chi connectivity index (χ1) is 7.81. The highest BCUT2D eigenvalue weighted by atomic mass is 32.1. The molecule has 2 heterocycles. The normalized spacial score (nSPS) is 27.2. The van der Waals surface area contributed by atoms with Gasteiger partial charge >= 0.3 is 0 Å². The standard InChI is InChI=1S/C12H19N3S/c1-9-14-6-11(16-9)7-15-5-4-13-12(8-15)10-2-3-10/h6,10,12-13H,2-5,7-8H2,1H3. The van der Waals surface area contributed by atoms with E-state index in [0.717, 1.165) is 25.0 Å². The van der Waals surface area contributed by atoms with Gasteiger partial charge in [-0.05, 0) is 25.7 Å². The molecule has 2 fully saturated rings. The molecule has 0 radical (unpaired) electrons. The zero-order valence-corrected chi connectivity index (χ0v) is 10.6. The summed E-state index contributed by atoms with van der Waals surface area (Å²) in [4.78, 5) is 8.31. The monoisotopic (exact) mass is 237 g/mol. The molecule has 1 aliphatic heterocycles. The van der Waals surface area contributed by atoms with E-state index in [1.807, 2.05) is 17.5 Å². The van der Waals surface area contributed by atoms with Crippen LogP contribution in [0.25, 0.3) is 0 Å². The Morgan fingerprint density at radius 3 is 3.12 bits per heavy atom. The highest BCUT2D eigenvalue weighted by Gasteiger charge is 2.33. The molecule has 0 aromatic carbocycles. The molecular formula is C12H19N3S. The quantitative estimate of drug-likeness (QED) is 0.866. The van der Waals surface area contributed by atoms with Crippen LogP contribution in [0.1, 0.15) is 22.7 Å². The minimum absolute atomic E-state index is 0.753. The van der Waals surface area contributed by atoms with E-state index in [-0.39, 0.29) is 0 Å². The number of nitrogens with zero attached hydrogens (tertiary/aromatic N) is 2. The van der Waals surface area contributed by atoms with E-state index >= 15 is 0 Å². The third kappa shape index (κ3) is 2.44. The second kappa shape index (κ2) is 4.43. The van der Waals surface area contributed by atoms with E-state index < -0.39 is 0 Å². The Balaban J connectivity index is 1.57. The summed E-state index contributed by atoms with van der Waals surface area (Å²) in [5, 5.41) is 4.83. The van der Waals surface area contributed by atoms with Gasteiger partial charge in [-0.1, -0.05) is 0 Å². The second-order valence-corrected chi connectivity index (χ2v) is 6.30. The Morgan fingerprint density at radius 1 is 1.56 bits per heavy atom. The topological polar surface area (TPSA) is 28.2 Å². The second-order valence-electron chi connectivity index (χ2n) is 4.98. The molecule has 1 saturated heterocycles. The van der Waals surface area contributed by atoms with Crippen molar-refractivity contribution in [1.82, 2.24) is 15.2 Å². The van der Waals surface area contributed by atoms with Crippen LogP contribution in [-0.2, 0) is 6.54 Å². The van der Waals surface area contributed by atoms with Crippen molar-refractivity contribution >= 4 is 11.3 Å². The minimum atomic E-state index is 0.753. The van der Waals surface area contributed by atoms with Crippen LogP contribution >= 0.6 is 11.3 Å². The van der Waals surface area contributed by atoms with E-state index in [9.17, 15) is 0 Å². The van der Waals surface area contributed by atoms with Gasteiger partial charge in [0.25, 0.3) is 0 Å². The third-order valence-electron chi connectivity index (χ3n) is 3.53. The molecule has 1 aliphatic carbocycles. The predicted molar refractivity (Wildman–Crippen MR) is 66.6 cm³/mol. The summed E-state index contributed by atoms with van der Waals surface area (Å²) >= 11 is 1.83. The summed E-state index contributed by atoms with van der Waals surface area (Å²) in [7, 11) is 0. The number of nitrogens with one attached hydrogen (secondary N) is 1. The molecule has 0 spiro atoms. The summed E-state index contributed by atoms with van der Waals surface area (Å²) in [6, 6.07) is 0.753. The Morgan fingerprint density at radius 2 is 2.44 bits per heavy atom. The Labute approximate surface area is 101 Å². The Kier molecular flexibility index (Phi) is 2.96. The van der Waals surface area contributed by atoms with Gasteiger partial charge in [0.05, 0.1) is 5.01 Å². The van der Waals surface area contributed by atoms with Gasteiger partial charge < -0.3 is 5.32 Å². The van der Waals surface area contributed by atoms with E-state index in [0.29, 0.717) is 0 Å². The summed E-state index contributed by atoms with van der Waals surface area (Å²) < 4.78 is 0. The van der Waals surface area contributed by atoms with Crippen LogP contribution in [0.15, 0.2) is 6.20 Å². The molecule has 1 atom stereocenters. The molecule has 1 aromatic rings. The molecular weight excluding hydrogens is 218 g/mol. The maximum absolute atomic E-state index is 4.32. The number of piperazine rings is 1. The molecule has 16 heavy (non-hydrogen) atoms. The molecule has 1 saturated carbocycles. The lowest BCUT2D eigenvalue weighted by atomic mass is 10.1. The fourth-order valence-electron chi connectivity index (χ4n) is 2.50. The van der Waals surface area contributed by atoms with Gasteiger partial charge in [-0.25, -0.2) is 4.98 Å². The average Bonchev–Trinajstić information content (AvgIpc) is 3.05. The smallest absolute Gasteiger partial charge is 0.0897 e. The van der Waals surface area contributed by atoms with E-state index in [4.69, 9.17) is 0 Å². The zero-order valence-electron chi connectivity index (χ0n) is 9.78. The van der Waals surface area contributed by atoms with Crippen molar-refractivity contribution in [3.8, 4) is 0 Å². The fraction of sp³-hybridized carbons (Fsp3) is 0.750. The highest BCUT2D eigenvalue weighted by Crippen LogP contribution is 2.33. The van der Waals surface area contributed by atoms with Crippen LogP contribution in [-0.4, -0.2) is 35.6 Å². The van der Waals surface area contributed by atoms with Crippen molar-refractivity contribution in [2.45, 2.75) is 32.4 Å². The van der Waals surface area contributed by atoms with Crippen molar-refractivity contribution < 1.29 is 0 Å². The number of aryl methyl sites for hydroxylation is 1. The average molecular weight is 237 g/mol. The molecule has 3 rings (SSSR count). The maximum Gasteiger partial charge on any atom is 0.0897 e. The summed E-state index contributed by atoms with van der Waals surface area (Å²) in [5.41, 5.74) is 0. The Bertz CT molecular complexity index is 359. The first-order valence-electron chi connectivity index (χ1n) is 6.18. The molecule has 1 aromatic heterocycles. The number of hydrogen-bond acceptors (Lipinski definition) is 4. The number of hydrogen-bond donors (Lipinski definition) is 1. The van der Waals surface area contributed by atoms with E-state index in [2.05, 4.69) is 22.1 Å². The summed E-state index contributed by atoms with van der Waals surface area (Å²) in [5.74, 6) is 0.964. The third-order valence-corrected chi connectivity index (χ3v) is 4.43. The first-order valence-corrected chi connectivity index (χ1v) is 7.00. The van der Waals surface area contributed by atoms with Crippen LogP contribution in [0, 0.1) is 12.8 Å². The molecule has 1 N–H and O–H groups in total. The van der Waals surface area contributed by atoms with E-state index in [1.54, 1.807) is 0 Å². The van der Waals surface area contributed by atoms with Crippen molar-refractivity contribution in [2.24, 2.45) is 5.92 Å². The molecule has 3 nitrogen and oxygen atoms in total. The first kappa shape index (κ1) is 10.7. The number of thiazole rings is 1. The number of rotatable bonds is 3. The van der Waals surface area contributed by atoms with E-state index in [1.165, 1.54) is 35.8 Å². The van der Waals surface area contributed by atoms with Crippen LogP contribution in [0.4, 0.5) is 0 Å². The molecule has 2 aliphatic rings. The maximum atomic E-state index is 4.32. The lowest BCUT2D eigenvalue weighted by molar-refractivity contribution is 0.183. The molecule has 0 bridgehead atoms. The van der Waals surface area contributed by atoms with Gasteiger partial charge in [-0.3, -0.25) is 4.90 Å². The predicted octanol–water partition coefficient (Wildman–Crippen LogP) is 1.64. The largest absolute Gasteiger partial charge is 0.311 e. The SMILES string of the molecule is Cc1ncc(CN2CCNC(C3CC3)C2)s1. The van der Waals surface area contributed by atoms with Gasteiger partial charge in [0.1, 0.15) is 0 Å². The lowest BCUT2D eigenvalue weighted by Crippen LogP contribution is -2.51. The number of aromatic nitrogens is 1. The zero-order chi connectivity index (χ0) is 11.0. The Hall–Kier alpha value is -0.450. The molecule has 4 heteroatoms. The van der Waals surface area contributed by atoms with Crippen LogP contribution < -0.4 is 5.32 Å². The van der Waals surface area contributed by atoms with Crippen molar-refractivity contribution in [3.63, 3.8) is 0 Å². The minimum Gasteiger partial charge on any atom is -0.311 e. The molecule has 1 unspecified atom stereocenters. The van der Waals surface area contributed by atoms with Gasteiger partial charge in [0.2, 0.25) is 0 Å². The summed E-state index contributed by atoms with van der Waals surface area (Å²) in [6.07, 6.45) is 4.91. The van der Waals surface area contributed by atoms with Gasteiger partial charge in [0.15, 0.2) is 0 Å². The van der Waals surface area contributed by atoms with Gasteiger partial charge in [-0.2, -0.15) is 0 Å². The van der Waals surface area contributed by atoms with Crippen LogP contribution in [0.2, 0.25) is 0 Å². The van der Waals surface area contributed by atoms with Crippen molar-refractivity contribution in [1.29, 1.82) is 0 Å². The van der Waals surface area contributed by atoms with Gasteiger partial charge in [0, 0.05) is 43.3 Å². The van der Waals surface area contributed by atoms with Crippen LogP contribution in [0.5, 0.6) is 0 Å². The highest BCUT2D eigenvalue weighted by molar-refractivity contribution is 7.11. The summed E-state index contributed by atoms with van der Waals surface area (Å²) in [6.45, 7) is 6.73. The van der Waals surface area contributed by atoms with Gasteiger partial charge in [-0.15, -0.1) is 11.3 Å². The van der Waals surface area contributed by atoms with Crippen molar-refractivity contribution in [3.05, 3.63) is 16.1 Å². The lowest BCUT2D eigenvalue weighted by Gasteiger charge is -2.33. The molecule has 88 valence electrons. The van der Waals surface area contributed by atoms with Crippen LogP contribution in [0.3, 0.4) is 0 Å². The fourth-order valence-corrected chi connectivity index (χ4v) is 3.34. The molecule has 0 amide bonds.